The summed E-state index contributed by atoms with van der Waals surface area (Å²) in [5.74, 6) is -5.67. The molecule has 17 nitrogen and oxygen atoms in total. The summed E-state index contributed by atoms with van der Waals surface area (Å²) in [7, 11) is 1.20. The number of phenols is 2. The molecule has 4 rings (SSSR count). The predicted octanol–water partition coefficient (Wildman–Crippen LogP) is 0.727. The fraction of sp³-hybridized carbons (Fsp3) is 0.370. The normalized spacial score (nSPS) is 17.9. The van der Waals surface area contributed by atoms with E-state index in [1.165, 1.54) is 44.2 Å². The molecule has 8 N–H and O–H groups in total. The van der Waals surface area contributed by atoms with Gasteiger partial charge in [-0.25, -0.2) is 14.6 Å². The summed E-state index contributed by atoms with van der Waals surface area (Å²) in [5.41, 5.74) is 4.29. The number of thiazole rings is 1. The van der Waals surface area contributed by atoms with Crippen LogP contribution in [0.3, 0.4) is 0 Å². The zero-order chi connectivity index (χ0) is 34.8. The molecule has 20 heteroatoms. The van der Waals surface area contributed by atoms with Crippen LogP contribution in [0.5, 0.6) is 11.5 Å². The van der Waals surface area contributed by atoms with Gasteiger partial charge in [-0.3, -0.25) is 19.3 Å². The monoisotopic (exact) mass is 756 g/mol. The Kier molecular flexibility index (Phi) is 10.7. The van der Waals surface area contributed by atoms with E-state index in [9.17, 15) is 44.4 Å². The van der Waals surface area contributed by atoms with Gasteiger partial charge >= 0.3 is 17.9 Å². The van der Waals surface area contributed by atoms with E-state index in [2.05, 4.69) is 36.7 Å². The lowest BCUT2D eigenvalue weighted by Gasteiger charge is -2.49. The Labute approximate surface area is 282 Å². The molecule has 0 bridgehead atoms. The molecule has 1 aromatic carbocycles. The molecule has 47 heavy (non-hydrogen) atoms. The maximum Gasteiger partial charge on any atom is 0.352 e. The molecule has 1 aromatic heterocycles. The molecule has 2 atom stereocenters. The number of thioether (sulfide) groups is 1. The Morgan fingerprint density at radius 1 is 1.23 bits per heavy atom. The summed E-state index contributed by atoms with van der Waals surface area (Å²) >= 11 is 5.37. The number of aromatic nitrogens is 1. The molecule has 3 heterocycles. The molecular weight excluding hydrogens is 728 g/mol. The molecule has 0 saturated carbocycles. The van der Waals surface area contributed by atoms with Gasteiger partial charge < -0.3 is 46.4 Å². The van der Waals surface area contributed by atoms with Gasteiger partial charge in [-0.15, -0.1) is 23.1 Å². The van der Waals surface area contributed by atoms with E-state index in [0.717, 1.165) is 16.2 Å². The number of nitrogen functional groups attached to an aromatic ring is 1. The number of aromatic hydroxyl groups is 2. The van der Waals surface area contributed by atoms with Crippen LogP contribution in [0.1, 0.15) is 30.7 Å². The first-order valence-corrected chi connectivity index (χ1v) is 16.2. The Hall–Kier alpha value is -4.40. The number of carbonyl (C=O) groups excluding carboxylic acids is 3. The number of phenolic OH excluding ortho intramolecular Hbond substituents is 2. The van der Waals surface area contributed by atoms with Crippen LogP contribution in [0.15, 0.2) is 32.3 Å². The number of ether oxygens (including phenoxy) is 1. The molecule has 2 aliphatic heterocycles. The summed E-state index contributed by atoms with van der Waals surface area (Å²) in [6.45, 7) is 2.48. The number of fused-ring (bicyclic) bond motifs is 1. The number of nitrogens with two attached hydrogens (primary N) is 1. The van der Waals surface area contributed by atoms with Gasteiger partial charge in [-0.1, -0.05) is 5.16 Å². The number of esters is 1. The van der Waals surface area contributed by atoms with E-state index >= 15 is 0 Å². The van der Waals surface area contributed by atoms with Crippen molar-refractivity contribution in [1.82, 2.24) is 20.5 Å². The molecule has 2 aromatic rings. The van der Waals surface area contributed by atoms with E-state index in [4.69, 9.17) is 15.3 Å². The minimum Gasteiger partial charge on any atom is -0.504 e. The molecule has 0 radical (unpaired) electrons. The first-order valence-electron chi connectivity index (χ1n) is 13.5. The van der Waals surface area contributed by atoms with Crippen molar-refractivity contribution in [2.24, 2.45) is 5.16 Å². The summed E-state index contributed by atoms with van der Waals surface area (Å²) in [5, 5.41) is 49.6. The third-order valence-corrected chi connectivity index (χ3v) is 9.88. The number of hydrogen-bond donors (Lipinski definition) is 7. The van der Waals surface area contributed by atoms with Gasteiger partial charge in [0.15, 0.2) is 22.3 Å². The Morgan fingerprint density at radius 2 is 1.94 bits per heavy atom. The molecule has 1 unspecified atom stereocenters. The lowest BCUT2D eigenvalue weighted by Crippen LogP contribution is -2.71. The van der Waals surface area contributed by atoms with Crippen molar-refractivity contribution in [1.29, 1.82) is 0 Å². The highest BCUT2D eigenvalue weighted by molar-refractivity contribution is 9.10. The van der Waals surface area contributed by atoms with Crippen molar-refractivity contribution in [2.45, 2.75) is 43.8 Å². The SMILES string of the molecule is COC(=O)Cc1c(CNCC2=C(C(=O)O)N3C(=O)C(NC(=O)/C(=N\OC(C)(C)C(=O)O)c4csc(N)n4)[C@@H]3SC2)cc(O)c(O)c1Br. The second-order valence-electron chi connectivity index (χ2n) is 10.6. The van der Waals surface area contributed by atoms with Gasteiger partial charge in [0.1, 0.15) is 22.8 Å². The number of halogens is 1. The standard InChI is InChI=1S/C27H29BrN6O11S2/c1-27(2,25(42)43)45-33-17(13-9-47-26(29)31-13)21(38)32-18-22(39)34-19(24(40)41)11(8-46-23(18)34)7-30-6-10-4-14(35)20(37)16(28)12(10)5-15(36)44-3/h4,9,18,23,30,35,37H,5-8H2,1-3H3,(H2,29,31)(H,32,38)(H,40,41)(H,42,43)/b33-17-/t18?,23-/m0/s1. The minimum atomic E-state index is -1.80. The smallest absolute Gasteiger partial charge is 0.352 e. The van der Waals surface area contributed by atoms with Crippen molar-refractivity contribution in [2.75, 3.05) is 25.1 Å². The number of amides is 2. The number of rotatable bonds is 13. The number of β-lactam (4-membered cyclic amide) rings is 1. The maximum atomic E-state index is 13.3. The average Bonchev–Trinajstić information content (AvgIpc) is 3.45. The predicted molar refractivity (Wildman–Crippen MR) is 170 cm³/mol. The van der Waals surface area contributed by atoms with E-state index < -0.39 is 63.9 Å². The third-order valence-electron chi connectivity index (χ3n) is 7.01. The second-order valence-corrected chi connectivity index (χ2v) is 13.4. The number of anilines is 1. The highest BCUT2D eigenvalue weighted by Crippen LogP contribution is 2.41. The molecule has 0 aliphatic carbocycles. The van der Waals surface area contributed by atoms with Crippen molar-refractivity contribution in [3.05, 3.63) is 44.0 Å². The van der Waals surface area contributed by atoms with Crippen LogP contribution in [0, 0.1) is 0 Å². The summed E-state index contributed by atoms with van der Waals surface area (Å²) in [6.07, 6.45) is -0.219. The van der Waals surface area contributed by atoms with Crippen LogP contribution in [0.4, 0.5) is 5.13 Å². The number of aliphatic carboxylic acids is 2. The topological polar surface area (TPSA) is 263 Å². The zero-order valence-corrected chi connectivity index (χ0v) is 28.1. The van der Waals surface area contributed by atoms with Crippen molar-refractivity contribution in [3.8, 4) is 11.5 Å². The van der Waals surface area contributed by atoms with Crippen molar-refractivity contribution >= 4 is 79.6 Å². The average molecular weight is 758 g/mol. The first-order chi connectivity index (χ1) is 22.1. The highest BCUT2D eigenvalue weighted by Gasteiger charge is 2.54. The molecular formula is C27H29BrN6O11S2. The number of nitrogens with one attached hydrogen (secondary N) is 2. The highest BCUT2D eigenvalue weighted by atomic mass is 79.9. The van der Waals surface area contributed by atoms with E-state index in [0.29, 0.717) is 16.7 Å². The van der Waals surface area contributed by atoms with Crippen LogP contribution in [0.25, 0.3) is 0 Å². The number of carbonyl (C=O) groups is 5. The molecule has 1 fully saturated rings. The van der Waals surface area contributed by atoms with Gasteiger partial charge in [0.25, 0.3) is 11.8 Å². The van der Waals surface area contributed by atoms with E-state index in [1.54, 1.807) is 0 Å². The maximum absolute atomic E-state index is 13.3. The van der Waals surface area contributed by atoms with E-state index in [1.807, 2.05) is 0 Å². The van der Waals surface area contributed by atoms with Crippen LogP contribution in [0.2, 0.25) is 0 Å². The lowest BCUT2D eigenvalue weighted by molar-refractivity contribution is -0.161. The van der Waals surface area contributed by atoms with Crippen LogP contribution < -0.4 is 16.4 Å². The summed E-state index contributed by atoms with van der Waals surface area (Å²) in [6, 6.07) is 0.115. The van der Waals surface area contributed by atoms with Crippen molar-refractivity contribution < 1.29 is 54.0 Å². The van der Waals surface area contributed by atoms with Crippen LogP contribution in [-0.2, 0) is 46.5 Å². The Morgan fingerprint density at radius 3 is 2.53 bits per heavy atom. The van der Waals surface area contributed by atoms with Gasteiger partial charge in [0.05, 0.1) is 18.0 Å². The molecule has 252 valence electrons. The minimum absolute atomic E-state index is 0.00215. The summed E-state index contributed by atoms with van der Waals surface area (Å²) in [4.78, 5) is 72.4. The number of oxime groups is 1. The van der Waals surface area contributed by atoms with Crippen LogP contribution in [-0.4, -0.2) is 102 Å². The number of nitrogens with zero attached hydrogens (tertiary/aromatic N) is 3. The first kappa shape index (κ1) is 35.5. The quantitative estimate of drug-likeness (QED) is 0.0488. The third kappa shape index (κ3) is 7.45. The van der Waals surface area contributed by atoms with Crippen molar-refractivity contribution in [3.63, 3.8) is 0 Å². The number of benzene rings is 1. The van der Waals surface area contributed by atoms with E-state index in [-0.39, 0.29) is 46.3 Å². The molecule has 0 spiro atoms. The molecule has 2 amide bonds. The molecule has 2 aliphatic rings. The number of carboxylic acid groups (broad SMARTS) is 2. The number of carboxylic acids is 2. The zero-order valence-electron chi connectivity index (χ0n) is 24.9. The largest absolute Gasteiger partial charge is 0.504 e. The molecule has 1 saturated heterocycles. The Balaban J connectivity index is 1.50. The van der Waals surface area contributed by atoms with Gasteiger partial charge in [0.2, 0.25) is 5.60 Å². The fourth-order valence-corrected chi connectivity index (χ4v) is 6.95. The number of hydrogen-bond acceptors (Lipinski definition) is 15. The number of methoxy groups -OCH3 is 1. The van der Waals surface area contributed by atoms with Gasteiger partial charge in [-0.2, -0.15) is 0 Å². The lowest BCUT2D eigenvalue weighted by atomic mass is 10.0. The Bertz CT molecular complexity index is 1710. The fourth-order valence-electron chi connectivity index (χ4n) is 4.46. The van der Waals surface area contributed by atoms with Gasteiger partial charge in [0, 0.05) is 24.2 Å². The summed E-state index contributed by atoms with van der Waals surface area (Å²) < 4.78 is 4.81. The second kappa shape index (κ2) is 14.2. The van der Waals surface area contributed by atoms with Crippen LogP contribution >= 0.6 is 39.0 Å². The van der Waals surface area contributed by atoms with Gasteiger partial charge in [-0.05, 0) is 52.5 Å².